The van der Waals surface area contributed by atoms with E-state index < -0.39 is 5.97 Å². The molecule has 17 heavy (non-hydrogen) atoms. The number of carboxylic acids is 1. The Hall–Kier alpha value is -1.62. The third-order valence-corrected chi connectivity index (χ3v) is 2.97. The van der Waals surface area contributed by atoms with E-state index in [-0.39, 0.29) is 11.2 Å². The first-order valence-corrected chi connectivity index (χ1v) is 5.67. The SMILES string of the molecule is CC1(CNc2ncccc2C(=O)O)CCCO1. The maximum Gasteiger partial charge on any atom is 0.339 e. The van der Waals surface area contributed by atoms with E-state index in [1.54, 1.807) is 12.3 Å². The summed E-state index contributed by atoms with van der Waals surface area (Å²) in [5, 5.41) is 12.1. The molecule has 1 saturated heterocycles. The van der Waals surface area contributed by atoms with E-state index in [9.17, 15) is 4.79 Å². The summed E-state index contributed by atoms with van der Waals surface area (Å²) in [7, 11) is 0. The van der Waals surface area contributed by atoms with Gasteiger partial charge in [0.05, 0.1) is 5.60 Å². The zero-order valence-corrected chi connectivity index (χ0v) is 9.77. The van der Waals surface area contributed by atoms with E-state index in [2.05, 4.69) is 10.3 Å². The van der Waals surface area contributed by atoms with Crippen LogP contribution >= 0.6 is 0 Å². The fraction of sp³-hybridized carbons (Fsp3) is 0.500. The van der Waals surface area contributed by atoms with Gasteiger partial charge >= 0.3 is 5.97 Å². The first-order chi connectivity index (χ1) is 8.11. The van der Waals surface area contributed by atoms with E-state index in [0.717, 1.165) is 19.4 Å². The van der Waals surface area contributed by atoms with Crippen LogP contribution in [-0.4, -0.2) is 34.8 Å². The smallest absolute Gasteiger partial charge is 0.339 e. The van der Waals surface area contributed by atoms with Crippen molar-refractivity contribution in [2.45, 2.75) is 25.4 Å². The number of hydrogen-bond donors (Lipinski definition) is 2. The summed E-state index contributed by atoms with van der Waals surface area (Å²) in [5.74, 6) is -0.574. The number of anilines is 1. The molecule has 2 rings (SSSR count). The van der Waals surface area contributed by atoms with Crippen molar-refractivity contribution in [1.82, 2.24) is 4.98 Å². The van der Waals surface area contributed by atoms with Gasteiger partial charge in [-0.3, -0.25) is 0 Å². The summed E-state index contributed by atoms with van der Waals surface area (Å²) in [6.07, 6.45) is 3.61. The maximum absolute atomic E-state index is 11.0. The third kappa shape index (κ3) is 2.74. The highest BCUT2D eigenvalue weighted by molar-refractivity contribution is 5.92. The van der Waals surface area contributed by atoms with E-state index in [0.29, 0.717) is 12.4 Å². The van der Waals surface area contributed by atoms with E-state index in [1.807, 2.05) is 6.92 Å². The number of carbonyl (C=O) groups is 1. The van der Waals surface area contributed by atoms with Crippen LogP contribution in [-0.2, 0) is 4.74 Å². The van der Waals surface area contributed by atoms with Gasteiger partial charge in [0.15, 0.2) is 0 Å². The van der Waals surface area contributed by atoms with Gasteiger partial charge < -0.3 is 15.2 Å². The summed E-state index contributed by atoms with van der Waals surface area (Å²) in [4.78, 5) is 15.0. The van der Waals surface area contributed by atoms with Gasteiger partial charge in [-0.15, -0.1) is 0 Å². The molecule has 0 radical (unpaired) electrons. The topological polar surface area (TPSA) is 71.5 Å². The number of aromatic carboxylic acids is 1. The van der Waals surface area contributed by atoms with Gasteiger partial charge in [-0.1, -0.05) is 0 Å². The largest absolute Gasteiger partial charge is 0.478 e. The second-order valence-corrected chi connectivity index (χ2v) is 4.46. The molecule has 92 valence electrons. The number of rotatable bonds is 4. The highest BCUT2D eigenvalue weighted by atomic mass is 16.5. The maximum atomic E-state index is 11.0. The molecule has 1 atom stereocenters. The van der Waals surface area contributed by atoms with Gasteiger partial charge in [-0.2, -0.15) is 0 Å². The third-order valence-electron chi connectivity index (χ3n) is 2.97. The Bertz CT molecular complexity index is 414. The van der Waals surface area contributed by atoms with Crippen LogP contribution in [0.5, 0.6) is 0 Å². The highest BCUT2D eigenvalue weighted by Gasteiger charge is 2.29. The van der Waals surface area contributed by atoms with Crippen molar-refractivity contribution in [3.05, 3.63) is 23.9 Å². The molecule has 0 aliphatic carbocycles. The minimum atomic E-state index is -0.974. The molecule has 0 spiro atoms. The molecule has 0 bridgehead atoms. The van der Waals surface area contributed by atoms with Gasteiger partial charge in [-0.05, 0) is 31.9 Å². The predicted molar refractivity (Wildman–Crippen MR) is 63.3 cm³/mol. The Kier molecular flexibility index (Phi) is 3.28. The van der Waals surface area contributed by atoms with E-state index >= 15 is 0 Å². The molecule has 1 aromatic rings. The molecule has 5 nitrogen and oxygen atoms in total. The van der Waals surface area contributed by atoms with Gasteiger partial charge in [0.1, 0.15) is 11.4 Å². The Morgan fingerprint density at radius 3 is 3.18 bits per heavy atom. The first-order valence-electron chi connectivity index (χ1n) is 5.67. The van der Waals surface area contributed by atoms with Crippen LogP contribution in [0.4, 0.5) is 5.82 Å². The second kappa shape index (κ2) is 4.71. The zero-order chi connectivity index (χ0) is 12.3. The standard InChI is InChI=1S/C12H16N2O3/c1-12(5-3-7-17-12)8-14-10-9(11(15)16)4-2-6-13-10/h2,4,6H,3,5,7-8H2,1H3,(H,13,14)(H,15,16). The monoisotopic (exact) mass is 236 g/mol. The molecule has 2 heterocycles. The molecule has 1 aromatic heterocycles. The number of ether oxygens (including phenoxy) is 1. The Morgan fingerprint density at radius 1 is 1.71 bits per heavy atom. The van der Waals surface area contributed by atoms with Crippen molar-refractivity contribution >= 4 is 11.8 Å². The van der Waals surface area contributed by atoms with Gasteiger partial charge in [-0.25, -0.2) is 9.78 Å². The fourth-order valence-electron chi connectivity index (χ4n) is 1.97. The van der Waals surface area contributed by atoms with Crippen LogP contribution < -0.4 is 5.32 Å². The molecule has 5 heteroatoms. The van der Waals surface area contributed by atoms with Crippen LogP contribution in [0, 0.1) is 0 Å². The lowest BCUT2D eigenvalue weighted by Gasteiger charge is -2.24. The van der Waals surface area contributed by atoms with E-state index in [1.165, 1.54) is 6.07 Å². The molecule has 1 unspecified atom stereocenters. The van der Waals surface area contributed by atoms with Crippen molar-refractivity contribution in [3.63, 3.8) is 0 Å². The van der Waals surface area contributed by atoms with E-state index in [4.69, 9.17) is 9.84 Å². The van der Waals surface area contributed by atoms with Crippen LogP contribution in [0.2, 0.25) is 0 Å². The molecule has 0 saturated carbocycles. The number of hydrogen-bond acceptors (Lipinski definition) is 4. The average molecular weight is 236 g/mol. The second-order valence-electron chi connectivity index (χ2n) is 4.46. The minimum Gasteiger partial charge on any atom is -0.478 e. The number of pyridine rings is 1. The van der Waals surface area contributed by atoms with Gasteiger partial charge in [0.2, 0.25) is 0 Å². The highest BCUT2D eigenvalue weighted by Crippen LogP contribution is 2.25. The Labute approximate surface area is 99.8 Å². The lowest BCUT2D eigenvalue weighted by Crippen LogP contribution is -2.33. The summed E-state index contributed by atoms with van der Waals surface area (Å²) in [6.45, 7) is 3.37. The van der Waals surface area contributed by atoms with Crippen molar-refractivity contribution in [2.24, 2.45) is 0 Å². The van der Waals surface area contributed by atoms with Crippen molar-refractivity contribution < 1.29 is 14.6 Å². The molecular weight excluding hydrogens is 220 g/mol. The number of aromatic nitrogens is 1. The van der Waals surface area contributed by atoms with Crippen LogP contribution in [0.3, 0.4) is 0 Å². The molecule has 2 N–H and O–H groups in total. The predicted octanol–water partition coefficient (Wildman–Crippen LogP) is 1.76. The van der Waals surface area contributed by atoms with Crippen LogP contribution in [0.15, 0.2) is 18.3 Å². The summed E-state index contributed by atoms with van der Waals surface area (Å²) in [5.41, 5.74) is -0.0260. The molecule has 1 aliphatic rings. The minimum absolute atomic E-state index is 0.189. The summed E-state index contributed by atoms with van der Waals surface area (Å²) >= 11 is 0. The number of nitrogens with one attached hydrogen (secondary N) is 1. The van der Waals surface area contributed by atoms with Crippen LogP contribution in [0.1, 0.15) is 30.1 Å². The van der Waals surface area contributed by atoms with Crippen molar-refractivity contribution in [3.8, 4) is 0 Å². The fourth-order valence-corrected chi connectivity index (χ4v) is 1.97. The lowest BCUT2D eigenvalue weighted by molar-refractivity contribution is 0.0314. The molecular formula is C12H16N2O3. The Balaban J connectivity index is 2.06. The number of nitrogens with zero attached hydrogens (tertiary/aromatic N) is 1. The molecule has 1 fully saturated rings. The number of carboxylic acid groups (broad SMARTS) is 1. The van der Waals surface area contributed by atoms with Crippen molar-refractivity contribution in [1.29, 1.82) is 0 Å². The Morgan fingerprint density at radius 2 is 2.53 bits per heavy atom. The summed E-state index contributed by atoms with van der Waals surface area (Å²) in [6, 6.07) is 3.15. The molecule has 0 aromatic carbocycles. The average Bonchev–Trinajstić information content (AvgIpc) is 2.74. The van der Waals surface area contributed by atoms with Crippen molar-refractivity contribution in [2.75, 3.05) is 18.5 Å². The van der Waals surface area contributed by atoms with Gasteiger partial charge in [0, 0.05) is 19.3 Å². The quantitative estimate of drug-likeness (QED) is 0.833. The van der Waals surface area contributed by atoms with Gasteiger partial charge in [0.25, 0.3) is 0 Å². The summed E-state index contributed by atoms with van der Waals surface area (Å²) < 4.78 is 5.62. The lowest BCUT2D eigenvalue weighted by atomic mass is 10.0. The molecule has 0 amide bonds. The normalized spacial score (nSPS) is 23.6. The molecule has 1 aliphatic heterocycles. The van der Waals surface area contributed by atoms with Crippen LogP contribution in [0.25, 0.3) is 0 Å². The zero-order valence-electron chi connectivity index (χ0n) is 9.77. The first kappa shape index (κ1) is 11.9.